The lowest BCUT2D eigenvalue weighted by Gasteiger charge is -2.01. The highest BCUT2D eigenvalue weighted by molar-refractivity contribution is 5.59. The third-order valence-electron chi connectivity index (χ3n) is 1.74. The molecule has 0 N–H and O–H groups in total. The molecule has 1 aromatic carbocycles. The van der Waals surface area contributed by atoms with Crippen molar-refractivity contribution in [1.82, 2.24) is 4.98 Å². The Kier molecular flexibility index (Phi) is 2.44. The van der Waals surface area contributed by atoms with Crippen molar-refractivity contribution in [2.75, 3.05) is 6.86 Å². The molecule has 0 aliphatic rings. The van der Waals surface area contributed by atoms with Crippen molar-refractivity contribution in [3.05, 3.63) is 36.9 Å². The van der Waals surface area contributed by atoms with Crippen LogP contribution < -0.4 is 4.74 Å². The Balaban J connectivity index is 2.31. The predicted molar refractivity (Wildman–Crippen MR) is 47.4 cm³/mol. The van der Waals surface area contributed by atoms with Crippen molar-refractivity contribution in [3.8, 4) is 17.0 Å². The number of hydrogen-bond acceptors (Lipinski definition) is 3. The summed E-state index contributed by atoms with van der Waals surface area (Å²) in [4.78, 5) is 3.85. The van der Waals surface area contributed by atoms with Gasteiger partial charge in [-0.05, 0) is 12.1 Å². The molecule has 0 fully saturated rings. The highest BCUT2D eigenvalue weighted by Gasteiger charge is 2.02. The lowest BCUT2D eigenvalue weighted by atomic mass is 10.2. The first kappa shape index (κ1) is 8.74. The predicted octanol–water partition coefficient (Wildman–Crippen LogP) is 2.45. The van der Waals surface area contributed by atoms with E-state index >= 15 is 0 Å². The van der Waals surface area contributed by atoms with Gasteiger partial charge in [0.25, 0.3) is 6.39 Å². The van der Waals surface area contributed by atoms with Gasteiger partial charge in [0.05, 0.1) is 0 Å². The first-order chi connectivity index (χ1) is 6.90. The molecule has 0 aliphatic heterocycles. The molecule has 2 rings (SSSR count). The quantitative estimate of drug-likeness (QED) is 0.749. The Labute approximate surface area is 80.1 Å². The van der Waals surface area contributed by atoms with Crippen LogP contribution in [0.15, 0.2) is 34.9 Å². The highest BCUT2D eigenvalue weighted by atomic mass is 19.1. The van der Waals surface area contributed by atoms with Gasteiger partial charge in [-0.15, -0.1) is 0 Å². The molecule has 0 unspecified atom stereocenters. The van der Waals surface area contributed by atoms with Gasteiger partial charge in [0, 0.05) is 5.56 Å². The van der Waals surface area contributed by atoms with Crippen LogP contribution in [-0.2, 0) is 0 Å². The maximum absolute atomic E-state index is 11.9. The molecule has 1 aromatic heterocycles. The van der Waals surface area contributed by atoms with Crippen molar-refractivity contribution in [1.29, 1.82) is 0 Å². The van der Waals surface area contributed by atoms with Gasteiger partial charge in [-0.2, -0.15) is 0 Å². The zero-order valence-corrected chi connectivity index (χ0v) is 7.24. The summed E-state index contributed by atoms with van der Waals surface area (Å²) in [7, 11) is 0. The van der Waals surface area contributed by atoms with E-state index in [1.54, 1.807) is 18.2 Å². The Hall–Kier alpha value is -1.84. The number of halogens is 1. The van der Waals surface area contributed by atoms with Crippen LogP contribution in [0.3, 0.4) is 0 Å². The lowest BCUT2D eigenvalue weighted by Crippen LogP contribution is -1.89. The number of hydrogen-bond donors (Lipinski definition) is 0. The Morgan fingerprint density at radius 2 is 2.43 bits per heavy atom. The van der Waals surface area contributed by atoms with Gasteiger partial charge < -0.3 is 9.15 Å². The van der Waals surface area contributed by atoms with Crippen LogP contribution in [0.4, 0.5) is 4.39 Å². The van der Waals surface area contributed by atoms with E-state index in [2.05, 4.69) is 11.4 Å². The van der Waals surface area contributed by atoms with Crippen LogP contribution in [0.5, 0.6) is 5.75 Å². The van der Waals surface area contributed by atoms with E-state index in [4.69, 9.17) is 9.15 Å². The molecule has 1 heterocycles. The van der Waals surface area contributed by atoms with Crippen molar-refractivity contribution < 1.29 is 13.5 Å². The van der Waals surface area contributed by atoms with Gasteiger partial charge in [-0.25, -0.2) is 9.37 Å². The fourth-order valence-corrected chi connectivity index (χ4v) is 1.12. The average Bonchev–Trinajstić information content (AvgIpc) is 2.71. The molecule has 71 valence electrons. The molecule has 0 bridgehead atoms. The second-order valence-corrected chi connectivity index (χ2v) is 2.61. The average molecular weight is 192 g/mol. The number of alkyl halides is 1. The van der Waals surface area contributed by atoms with Crippen LogP contribution >= 0.6 is 0 Å². The maximum atomic E-state index is 11.9. The van der Waals surface area contributed by atoms with Crippen molar-refractivity contribution in [2.45, 2.75) is 0 Å². The lowest BCUT2D eigenvalue weighted by molar-refractivity contribution is 0.192. The molecule has 0 amide bonds. The smallest absolute Gasteiger partial charge is 0.284 e. The Bertz CT molecular complexity index is 400. The summed E-state index contributed by atoms with van der Waals surface area (Å²) in [5, 5.41) is 0. The molecule has 4 heteroatoms. The van der Waals surface area contributed by atoms with Crippen LogP contribution in [0.2, 0.25) is 0 Å². The molecule has 0 atom stereocenters. The van der Waals surface area contributed by atoms with Gasteiger partial charge in [-0.1, -0.05) is 12.1 Å². The molecule has 3 nitrogen and oxygen atoms in total. The number of nitrogens with zero attached hydrogens (tertiary/aromatic N) is 1. The molecule has 0 saturated heterocycles. The van der Waals surface area contributed by atoms with Gasteiger partial charge >= 0.3 is 0 Å². The van der Waals surface area contributed by atoms with Crippen LogP contribution in [0, 0.1) is 6.39 Å². The number of aromatic nitrogens is 1. The summed E-state index contributed by atoms with van der Waals surface area (Å²) in [6.07, 6.45) is 3.81. The molecule has 2 aromatic rings. The minimum absolute atomic E-state index is 0.466. The van der Waals surface area contributed by atoms with E-state index in [1.165, 1.54) is 6.26 Å². The van der Waals surface area contributed by atoms with Gasteiger partial charge in [-0.3, -0.25) is 0 Å². The van der Waals surface area contributed by atoms with E-state index in [1.807, 2.05) is 6.07 Å². The first-order valence-corrected chi connectivity index (χ1v) is 4.01. The van der Waals surface area contributed by atoms with Crippen molar-refractivity contribution >= 4 is 0 Å². The molecule has 0 aliphatic carbocycles. The second kappa shape index (κ2) is 3.91. The number of oxazole rings is 1. The summed E-state index contributed by atoms with van der Waals surface area (Å²) in [5.41, 5.74) is 1.45. The van der Waals surface area contributed by atoms with Crippen molar-refractivity contribution in [3.63, 3.8) is 0 Å². The standard InChI is InChI=1S/C10H7FNO2/c11-6-14-9-3-1-2-8(4-9)10-5-13-7-12-10/h1-5H,6H2. The third-order valence-corrected chi connectivity index (χ3v) is 1.74. The summed E-state index contributed by atoms with van der Waals surface area (Å²) in [6, 6.07) is 6.95. The molecular formula is C10H7FNO2. The van der Waals surface area contributed by atoms with Crippen LogP contribution in [-0.4, -0.2) is 11.8 Å². The summed E-state index contributed by atoms with van der Waals surface area (Å²) in [6.45, 7) is -0.839. The maximum Gasteiger partial charge on any atom is 0.284 e. The summed E-state index contributed by atoms with van der Waals surface area (Å²) in [5.74, 6) is 0.466. The van der Waals surface area contributed by atoms with E-state index in [0.29, 0.717) is 11.4 Å². The second-order valence-electron chi connectivity index (χ2n) is 2.61. The monoisotopic (exact) mass is 192 g/mol. The first-order valence-electron chi connectivity index (χ1n) is 4.01. The Morgan fingerprint density at radius 3 is 3.14 bits per heavy atom. The normalized spacial score (nSPS) is 10.1. The number of ether oxygens (including phenoxy) is 1. The topological polar surface area (TPSA) is 35.3 Å². The minimum atomic E-state index is -0.839. The minimum Gasteiger partial charge on any atom is -0.463 e. The van der Waals surface area contributed by atoms with E-state index < -0.39 is 6.86 Å². The van der Waals surface area contributed by atoms with Crippen LogP contribution in [0.1, 0.15) is 0 Å². The van der Waals surface area contributed by atoms with Crippen LogP contribution in [0.25, 0.3) is 11.3 Å². The van der Waals surface area contributed by atoms with E-state index in [9.17, 15) is 4.39 Å². The zero-order valence-electron chi connectivity index (χ0n) is 7.24. The molecule has 0 spiro atoms. The fraction of sp³-hybridized carbons (Fsp3) is 0.100. The van der Waals surface area contributed by atoms with Gasteiger partial charge in [0.15, 0.2) is 0 Å². The van der Waals surface area contributed by atoms with E-state index in [-0.39, 0.29) is 0 Å². The largest absolute Gasteiger partial charge is 0.463 e. The van der Waals surface area contributed by atoms with Crippen molar-refractivity contribution in [2.24, 2.45) is 0 Å². The summed E-state index contributed by atoms with van der Waals surface area (Å²) >= 11 is 0. The number of rotatable bonds is 3. The van der Waals surface area contributed by atoms with E-state index in [0.717, 1.165) is 5.56 Å². The zero-order chi connectivity index (χ0) is 9.80. The molecule has 1 radical (unpaired) electrons. The molecule has 0 saturated carbocycles. The van der Waals surface area contributed by atoms with Gasteiger partial charge in [0.2, 0.25) is 6.86 Å². The van der Waals surface area contributed by atoms with Gasteiger partial charge in [0.1, 0.15) is 17.7 Å². The SMILES string of the molecule is FCOc1cccc(-c2co[c]n2)c1. The summed E-state index contributed by atoms with van der Waals surface area (Å²) < 4.78 is 21.3. The fourth-order valence-electron chi connectivity index (χ4n) is 1.12. The highest BCUT2D eigenvalue weighted by Crippen LogP contribution is 2.21. The third kappa shape index (κ3) is 1.74. The number of benzene rings is 1. The molecule has 14 heavy (non-hydrogen) atoms. The Morgan fingerprint density at radius 1 is 1.50 bits per heavy atom. The molecular weight excluding hydrogens is 185 g/mol.